The van der Waals surface area contributed by atoms with Gasteiger partial charge in [-0.1, -0.05) is 60.7 Å². The first-order chi connectivity index (χ1) is 16.0. The Bertz CT molecular complexity index is 1120. The van der Waals surface area contributed by atoms with Crippen molar-refractivity contribution in [1.82, 2.24) is 9.62 Å². The van der Waals surface area contributed by atoms with Gasteiger partial charge in [0, 0.05) is 23.9 Å². The van der Waals surface area contributed by atoms with Crippen molar-refractivity contribution in [1.29, 1.82) is 0 Å². The van der Waals surface area contributed by atoms with E-state index < -0.39 is 10.0 Å². The summed E-state index contributed by atoms with van der Waals surface area (Å²) in [6, 6.07) is 26.5. The molecule has 1 aliphatic rings. The first kappa shape index (κ1) is 23.5. The molecule has 0 unspecified atom stereocenters. The van der Waals surface area contributed by atoms with Gasteiger partial charge in [-0.15, -0.1) is 11.8 Å². The number of rotatable bonds is 7. The Hall–Kier alpha value is -2.61. The fraction of sp³-hybridized carbons (Fsp3) is 0.269. The fourth-order valence-corrected chi connectivity index (χ4v) is 6.04. The van der Waals surface area contributed by atoms with Crippen molar-refractivity contribution in [3.05, 3.63) is 96.1 Å². The van der Waals surface area contributed by atoms with E-state index in [0.29, 0.717) is 30.8 Å². The van der Waals surface area contributed by atoms with Gasteiger partial charge in [0.2, 0.25) is 15.9 Å². The number of nitrogens with zero attached hydrogens (tertiary/aromatic N) is 1. The molecule has 1 heterocycles. The molecular formula is C26H28N2O3S2. The molecule has 5 nitrogen and oxygen atoms in total. The maximum absolute atomic E-state index is 13.2. The maximum Gasteiger partial charge on any atom is 0.243 e. The Kier molecular flexibility index (Phi) is 7.53. The van der Waals surface area contributed by atoms with Crippen molar-refractivity contribution < 1.29 is 13.2 Å². The number of hydrogen-bond acceptors (Lipinski definition) is 4. The second kappa shape index (κ2) is 10.5. The first-order valence-electron chi connectivity index (χ1n) is 11.0. The van der Waals surface area contributed by atoms with Crippen LogP contribution >= 0.6 is 11.8 Å². The van der Waals surface area contributed by atoms with Crippen molar-refractivity contribution in [2.45, 2.75) is 28.7 Å². The Labute approximate surface area is 200 Å². The molecule has 1 N–H and O–H groups in total. The first-order valence-corrected chi connectivity index (χ1v) is 13.7. The zero-order valence-electron chi connectivity index (χ0n) is 18.6. The highest BCUT2D eigenvalue weighted by molar-refractivity contribution is 7.98. The predicted octanol–water partition coefficient (Wildman–Crippen LogP) is 4.72. The lowest BCUT2D eigenvalue weighted by Gasteiger charge is -2.31. The van der Waals surface area contributed by atoms with Crippen LogP contribution in [0.25, 0.3) is 0 Å². The molecule has 0 bridgehead atoms. The smallest absolute Gasteiger partial charge is 0.243 e. The van der Waals surface area contributed by atoms with Crippen molar-refractivity contribution in [2.75, 3.05) is 19.3 Å². The van der Waals surface area contributed by atoms with Crippen molar-refractivity contribution in [2.24, 2.45) is 5.92 Å². The van der Waals surface area contributed by atoms with E-state index in [1.54, 1.807) is 23.9 Å². The van der Waals surface area contributed by atoms with Crippen LogP contribution in [0.5, 0.6) is 0 Å². The third kappa shape index (κ3) is 5.49. The Morgan fingerprint density at radius 3 is 1.88 bits per heavy atom. The van der Waals surface area contributed by atoms with Crippen LogP contribution in [0.2, 0.25) is 0 Å². The number of thioether (sulfide) groups is 1. The van der Waals surface area contributed by atoms with Crippen molar-refractivity contribution in [3.8, 4) is 0 Å². The molecule has 1 amide bonds. The van der Waals surface area contributed by atoms with E-state index in [-0.39, 0.29) is 17.9 Å². The van der Waals surface area contributed by atoms with Gasteiger partial charge in [-0.25, -0.2) is 8.42 Å². The highest BCUT2D eigenvalue weighted by atomic mass is 32.2. The van der Waals surface area contributed by atoms with E-state index in [0.717, 1.165) is 16.0 Å². The number of benzene rings is 3. The molecule has 4 rings (SSSR count). The quantitative estimate of drug-likeness (QED) is 0.497. The number of piperidine rings is 1. The monoisotopic (exact) mass is 480 g/mol. The molecule has 0 saturated carbocycles. The minimum Gasteiger partial charge on any atom is -0.345 e. The van der Waals surface area contributed by atoms with Crippen LogP contribution in [0.15, 0.2) is 94.7 Å². The van der Waals surface area contributed by atoms with Crippen molar-refractivity contribution in [3.63, 3.8) is 0 Å². The van der Waals surface area contributed by atoms with Gasteiger partial charge in [0.15, 0.2) is 0 Å². The van der Waals surface area contributed by atoms with Crippen LogP contribution in [0.1, 0.15) is 30.0 Å². The number of carbonyl (C=O) groups is 1. The van der Waals surface area contributed by atoms with Crippen LogP contribution in [0, 0.1) is 5.92 Å². The van der Waals surface area contributed by atoms with E-state index >= 15 is 0 Å². The van der Waals surface area contributed by atoms with Crippen LogP contribution in [-0.4, -0.2) is 38.0 Å². The normalized spacial score (nSPS) is 15.5. The van der Waals surface area contributed by atoms with Crippen molar-refractivity contribution >= 4 is 27.7 Å². The summed E-state index contributed by atoms with van der Waals surface area (Å²) in [7, 11) is -3.55. The summed E-state index contributed by atoms with van der Waals surface area (Å²) in [5.74, 6) is -0.251. The average Bonchev–Trinajstić information content (AvgIpc) is 2.88. The Morgan fingerprint density at radius 2 is 1.39 bits per heavy atom. The molecule has 7 heteroatoms. The summed E-state index contributed by atoms with van der Waals surface area (Å²) in [5.41, 5.74) is 2.04. The lowest BCUT2D eigenvalue weighted by molar-refractivity contribution is -0.126. The molecule has 3 aromatic rings. The highest BCUT2D eigenvalue weighted by Gasteiger charge is 2.33. The molecule has 3 aromatic carbocycles. The number of nitrogens with one attached hydrogen (secondary N) is 1. The summed E-state index contributed by atoms with van der Waals surface area (Å²) in [6.45, 7) is 0.679. The molecule has 0 aliphatic carbocycles. The average molecular weight is 481 g/mol. The van der Waals surface area contributed by atoms with Gasteiger partial charge in [-0.05, 0) is 54.5 Å². The fourth-order valence-electron chi connectivity index (χ4n) is 4.17. The highest BCUT2D eigenvalue weighted by Crippen LogP contribution is 2.27. The molecule has 0 atom stereocenters. The number of amides is 1. The summed E-state index contributed by atoms with van der Waals surface area (Å²) >= 11 is 1.58. The molecule has 0 aromatic heterocycles. The summed E-state index contributed by atoms with van der Waals surface area (Å²) in [4.78, 5) is 14.5. The maximum atomic E-state index is 13.2. The largest absolute Gasteiger partial charge is 0.345 e. The van der Waals surface area contributed by atoms with E-state index in [9.17, 15) is 13.2 Å². The molecular weight excluding hydrogens is 452 g/mol. The SMILES string of the molecule is CSc1ccc(S(=O)(=O)N2CCC(C(=O)NC(c3ccccc3)c3ccccc3)CC2)cc1. The topological polar surface area (TPSA) is 66.5 Å². The van der Waals surface area contributed by atoms with Crippen LogP contribution in [0.3, 0.4) is 0 Å². The Balaban J connectivity index is 1.43. The second-order valence-electron chi connectivity index (χ2n) is 8.12. The second-order valence-corrected chi connectivity index (χ2v) is 10.9. The van der Waals surface area contributed by atoms with Gasteiger partial charge < -0.3 is 5.32 Å². The summed E-state index contributed by atoms with van der Waals surface area (Å²) in [6.07, 6.45) is 2.97. The van der Waals surface area contributed by atoms with Crippen LogP contribution < -0.4 is 5.32 Å². The van der Waals surface area contributed by atoms with Gasteiger partial charge in [0.25, 0.3) is 0 Å². The summed E-state index contributed by atoms with van der Waals surface area (Å²) < 4.78 is 27.6. The molecule has 1 aliphatic heterocycles. The molecule has 0 spiro atoms. The molecule has 0 radical (unpaired) electrons. The van der Waals surface area contributed by atoms with Crippen LogP contribution in [0.4, 0.5) is 0 Å². The van der Waals surface area contributed by atoms with Gasteiger partial charge in [-0.3, -0.25) is 4.79 Å². The van der Waals surface area contributed by atoms with Crippen LogP contribution in [-0.2, 0) is 14.8 Å². The Morgan fingerprint density at radius 1 is 0.879 bits per heavy atom. The van der Waals surface area contributed by atoms with Gasteiger partial charge >= 0.3 is 0 Å². The van der Waals surface area contributed by atoms with Gasteiger partial charge in [-0.2, -0.15) is 4.31 Å². The standard InChI is InChI=1S/C26H28N2O3S2/c1-32-23-12-14-24(15-13-23)33(30,31)28-18-16-22(17-19-28)26(29)27-25(20-8-4-2-5-9-20)21-10-6-3-7-11-21/h2-15,22,25H,16-19H2,1H3,(H,27,29). The number of carbonyl (C=O) groups excluding carboxylic acids is 1. The van der Waals surface area contributed by atoms with E-state index in [4.69, 9.17) is 0 Å². The minimum absolute atomic E-state index is 0.0333. The molecule has 172 valence electrons. The summed E-state index contributed by atoms with van der Waals surface area (Å²) in [5, 5.41) is 3.21. The van der Waals surface area contributed by atoms with E-state index in [2.05, 4.69) is 5.32 Å². The van der Waals surface area contributed by atoms with E-state index in [1.807, 2.05) is 79.1 Å². The zero-order valence-corrected chi connectivity index (χ0v) is 20.2. The third-order valence-corrected chi connectivity index (χ3v) is 8.73. The minimum atomic E-state index is -3.55. The lowest BCUT2D eigenvalue weighted by Crippen LogP contribution is -2.43. The lowest BCUT2D eigenvalue weighted by atomic mass is 9.94. The molecule has 33 heavy (non-hydrogen) atoms. The van der Waals surface area contributed by atoms with Gasteiger partial charge in [0.1, 0.15) is 0 Å². The van der Waals surface area contributed by atoms with Gasteiger partial charge in [0.05, 0.1) is 10.9 Å². The predicted molar refractivity (Wildman–Crippen MR) is 133 cm³/mol. The molecule has 1 fully saturated rings. The number of sulfonamides is 1. The number of hydrogen-bond donors (Lipinski definition) is 1. The van der Waals surface area contributed by atoms with E-state index in [1.165, 1.54) is 4.31 Å². The third-order valence-electron chi connectivity index (χ3n) is 6.07. The molecule has 1 saturated heterocycles. The zero-order chi connectivity index (χ0) is 23.3.